The molecule has 0 fully saturated rings. The fraction of sp³-hybridized carbons (Fsp3) is 0.259. The Kier molecular flexibility index (Phi) is 10.6. The Morgan fingerprint density at radius 1 is 0.974 bits per heavy atom. The Morgan fingerprint density at radius 3 is 2.16 bits per heavy atom. The molecular formula is C27H28BrCl2N3O4S. The molecule has 0 aliphatic rings. The van der Waals surface area contributed by atoms with Gasteiger partial charge < -0.3 is 10.2 Å². The van der Waals surface area contributed by atoms with Crippen LogP contribution >= 0.6 is 39.1 Å². The number of nitrogens with one attached hydrogen (secondary N) is 1. The quantitative estimate of drug-likeness (QED) is 0.283. The predicted octanol–water partition coefficient (Wildman–Crippen LogP) is 5.89. The van der Waals surface area contributed by atoms with Crippen molar-refractivity contribution in [2.24, 2.45) is 0 Å². The lowest BCUT2D eigenvalue weighted by atomic mass is 10.1. The summed E-state index contributed by atoms with van der Waals surface area (Å²) in [5.41, 5.74) is 0.909. The molecule has 0 heterocycles. The summed E-state index contributed by atoms with van der Waals surface area (Å²) in [4.78, 5) is 28.1. The van der Waals surface area contributed by atoms with Gasteiger partial charge in [-0.05, 0) is 61.4 Å². The fourth-order valence-corrected chi connectivity index (χ4v) is 5.89. The molecule has 0 saturated heterocycles. The second-order valence-corrected chi connectivity index (χ2v) is 12.2. The number of hydrogen-bond donors (Lipinski definition) is 1. The van der Waals surface area contributed by atoms with Crippen LogP contribution in [0.4, 0.5) is 5.69 Å². The van der Waals surface area contributed by atoms with Crippen molar-refractivity contribution in [2.75, 3.05) is 17.4 Å². The summed E-state index contributed by atoms with van der Waals surface area (Å²) in [5, 5.41) is 3.24. The highest BCUT2D eigenvalue weighted by Gasteiger charge is 2.32. The van der Waals surface area contributed by atoms with Gasteiger partial charge in [-0.2, -0.15) is 0 Å². The molecule has 11 heteroatoms. The minimum absolute atomic E-state index is 0.00269. The van der Waals surface area contributed by atoms with Crippen LogP contribution in [0.2, 0.25) is 10.0 Å². The Hall–Kier alpha value is -2.59. The van der Waals surface area contributed by atoms with Crippen molar-refractivity contribution in [1.82, 2.24) is 10.2 Å². The Morgan fingerprint density at radius 2 is 1.58 bits per heavy atom. The van der Waals surface area contributed by atoms with Gasteiger partial charge in [-0.25, -0.2) is 8.42 Å². The van der Waals surface area contributed by atoms with E-state index in [4.69, 9.17) is 23.2 Å². The molecule has 0 aliphatic carbocycles. The summed E-state index contributed by atoms with van der Waals surface area (Å²) in [6.45, 7) is 3.53. The van der Waals surface area contributed by atoms with E-state index in [9.17, 15) is 18.0 Å². The molecule has 1 atom stereocenters. The summed E-state index contributed by atoms with van der Waals surface area (Å²) in [6.07, 6.45) is 0.734. The first-order valence-electron chi connectivity index (χ1n) is 11.9. The van der Waals surface area contributed by atoms with Gasteiger partial charge in [0.05, 0.1) is 10.6 Å². The molecule has 3 aromatic carbocycles. The van der Waals surface area contributed by atoms with Crippen LogP contribution in [0, 0.1) is 0 Å². The van der Waals surface area contributed by atoms with Gasteiger partial charge in [0.25, 0.3) is 10.0 Å². The summed E-state index contributed by atoms with van der Waals surface area (Å²) in [6, 6.07) is 18.6. The number of amides is 2. The molecule has 3 rings (SSSR count). The van der Waals surface area contributed by atoms with E-state index in [0.29, 0.717) is 6.54 Å². The first kappa shape index (κ1) is 30.0. The van der Waals surface area contributed by atoms with Gasteiger partial charge in [-0.3, -0.25) is 13.9 Å². The van der Waals surface area contributed by atoms with Crippen molar-refractivity contribution in [2.45, 2.75) is 37.8 Å². The Labute approximate surface area is 241 Å². The monoisotopic (exact) mass is 639 g/mol. The van der Waals surface area contributed by atoms with E-state index in [1.54, 1.807) is 25.1 Å². The molecule has 0 saturated carbocycles. The first-order chi connectivity index (χ1) is 18.0. The number of rotatable bonds is 11. The molecule has 1 N–H and O–H groups in total. The number of carbonyl (C=O) groups is 2. The van der Waals surface area contributed by atoms with E-state index < -0.39 is 28.5 Å². The Bertz CT molecular complexity index is 1350. The average molecular weight is 641 g/mol. The van der Waals surface area contributed by atoms with Crippen LogP contribution < -0.4 is 9.62 Å². The molecule has 7 nitrogen and oxygen atoms in total. The second-order valence-electron chi connectivity index (χ2n) is 8.57. The van der Waals surface area contributed by atoms with Gasteiger partial charge in [-0.1, -0.05) is 76.4 Å². The van der Waals surface area contributed by atoms with Gasteiger partial charge in [0.1, 0.15) is 12.6 Å². The van der Waals surface area contributed by atoms with E-state index in [-0.39, 0.29) is 33.1 Å². The van der Waals surface area contributed by atoms with Crippen LogP contribution in [0.15, 0.2) is 82.2 Å². The van der Waals surface area contributed by atoms with Crippen molar-refractivity contribution >= 4 is 66.7 Å². The van der Waals surface area contributed by atoms with Crippen molar-refractivity contribution in [1.29, 1.82) is 0 Å². The van der Waals surface area contributed by atoms with Crippen molar-refractivity contribution < 1.29 is 18.0 Å². The zero-order chi connectivity index (χ0) is 27.9. The van der Waals surface area contributed by atoms with Gasteiger partial charge in [0.15, 0.2) is 0 Å². The van der Waals surface area contributed by atoms with E-state index in [1.807, 2.05) is 31.2 Å². The van der Waals surface area contributed by atoms with E-state index in [0.717, 1.165) is 20.8 Å². The van der Waals surface area contributed by atoms with Gasteiger partial charge in [-0.15, -0.1) is 0 Å². The molecule has 0 aliphatic heterocycles. The molecule has 2 amide bonds. The molecule has 1 unspecified atom stereocenters. The maximum Gasteiger partial charge on any atom is 0.264 e. The van der Waals surface area contributed by atoms with Crippen LogP contribution in [0.3, 0.4) is 0 Å². The van der Waals surface area contributed by atoms with E-state index >= 15 is 0 Å². The van der Waals surface area contributed by atoms with Crippen molar-refractivity contribution in [3.63, 3.8) is 0 Å². The minimum atomic E-state index is -4.19. The minimum Gasteiger partial charge on any atom is -0.354 e. The number of benzene rings is 3. The Balaban J connectivity index is 2.03. The number of halogens is 3. The molecule has 0 radical (unpaired) electrons. The summed E-state index contributed by atoms with van der Waals surface area (Å²) >= 11 is 15.8. The largest absolute Gasteiger partial charge is 0.354 e. The van der Waals surface area contributed by atoms with Crippen LogP contribution in [0.1, 0.15) is 25.8 Å². The summed E-state index contributed by atoms with van der Waals surface area (Å²) < 4.78 is 29.3. The topological polar surface area (TPSA) is 86.8 Å². The lowest BCUT2D eigenvalue weighted by molar-refractivity contribution is -0.139. The highest BCUT2D eigenvalue weighted by molar-refractivity contribution is 9.10. The normalized spacial score (nSPS) is 12.0. The first-order valence-corrected chi connectivity index (χ1v) is 14.9. The van der Waals surface area contributed by atoms with Gasteiger partial charge >= 0.3 is 0 Å². The maximum absolute atomic E-state index is 13.8. The number of anilines is 1. The zero-order valence-corrected chi connectivity index (χ0v) is 24.8. The lowest BCUT2D eigenvalue weighted by Crippen LogP contribution is -2.51. The standard InChI is InChI=1S/C27H28BrCl2N3O4S/c1-3-13-31-27(35)19(2)32(17-20-9-11-21(28)12-10-20)26(34)18-33(24-15-22(29)14-23(30)16-24)38(36,37)25-7-5-4-6-8-25/h4-12,14-16,19H,3,13,17-18H2,1-2H3,(H,31,35). The number of nitrogens with zero attached hydrogens (tertiary/aromatic N) is 2. The third kappa shape index (κ3) is 7.72. The van der Waals surface area contributed by atoms with Crippen molar-refractivity contribution in [3.05, 3.63) is 92.9 Å². The van der Waals surface area contributed by atoms with E-state index in [2.05, 4.69) is 21.2 Å². The smallest absolute Gasteiger partial charge is 0.264 e. The molecule has 38 heavy (non-hydrogen) atoms. The second kappa shape index (κ2) is 13.5. The third-order valence-corrected chi connectivity index (χ3v) is 8.48. The molecular weight excluding hydrogens is 613 g/mol. The van der Waals surface area contributed by atoms with Gasteiger partial charge in [0.2, 0.25) is 11.8 Å². The highest BCUT2D eigenvalue weighted by Crippen LogP contribution is 2.30. The number of sulfonamides is 1. The summed E-state index contributed by atoms with van der Waals surface area (Å²) in [5.74, 6) is -0.900. The summed E-state index contributed by atoms with van der Waals surface area (Å²) in [7, 11) is -4.19. The average Bonchev–Trinajstić information content (AvgIpc) is 2.89. The van der Waals surface area contributed by atoms with Crippen LogP contribution in [-0.2, 0) is 26.2 Å². The molecule has 202 valence electrons. The highest BCUT2D eigenvalue weighted by atomic mass is 79.9. The van der Waals surface area contributed by atoms with Crippen LogP contribution in [-0.4, -0.2) is 44.3 Å². The van der Waals surface area contributed by atoms with E-state index in [1.165, 1.54) is 35.2 Å². The van der Waals surface area contributed by atoms with Crippen LogP contribution in [0.25, 0.3) is 0 Å². The molecule has 0 bridgehead atoms. The molecule has 0 spiro atoms. The predicted molar refractivity (Wildman–Crippen MR) is 155 cm³/mol. The van der Waals surface area contributed by atoms with Gasteiger partial charge in [0, 0.05) is 27.6 Å². The number of carbonyl (C=O) groups excluding carboxylic acids is 2. The number of hydrogen-bond acceptors (Lipinski definition) is 4. The fourth-order valence-electron chi connectivity index (χ4n) is 3.70. The third-order valence-electron chi connectivity index (χ3n) is 5.73. The lowest BCUT2D eigenvalue weighted by Gasteiger charge is -2.32. The molecule has 3 aromatic rings. The molecule has 0 aromatic heterocycles. The van der Waals surface area contributed by atoms with Crippen molar-refractivity contribution in [3.8, 4) is 0 Å². The zero-order valence-electron chi connectivity index (χ0n) is 20.9. The SMILES string of the molecule is CCCNC(=O)C(C)N(Cc1ccc(Br)cc1)C(=O)CN(c1cc(Cl)cc(Cl)c1)S(=O)(=O)c1ccccc1. The van der Waals surface area contributed by atoms with Crippen LogP contribution in [0.5, 0.6) is 0 Å². The maximum atomic E-state index is 13.8.